The highest BCUT2D eigenvalue weighted by Crippen LogP contribution is 2.27. The van der Waals surface area contributed by atoms with E-state index in [0.717, 1.165) is 31.5 Å². The fourth-order valence-corrected chi connectivity index (χ4v) is 3.59. The summed E-state index contributed by atoms with van der Waals surface area (Å²) in [6, 6.07) is 14.7. The molecule has 0 unspecified atom stereocenters. The summed E-state index contributed by atoms with van der Waals surface area (Å²) >= 11 is 0. The number of likely N-dealkylation sites (tertiary alicyclic amines) is 1. The van der Waals surface area contributed by atoms with Crippen LogP contribution in [-0.2, 0) is 4.79 Å². The van der Waals surface area contributed by atoms with E-state index in [0.29, 0.717) is 5.92 Å². The van der Waals surface area contributed by atoms with Crippen LogP contribution in [0, 0.1) is 0 Å². The zero-order chi connectivity index (χ0) is 18.7. The largest absolute Gasteiger partial charge is 0.353 e. The molecule has 0 aliphatic carbocycles. The van der Waals surface area contributed by atoms with Crippen LogP contribution in [0.1, 0.15) is 42.7 Å². The lowest BCUT2D eigenvalue weighted by atomic mass is 9.89. The van der Waals surface area contributed by atoms with E-state index in [1.807, 2.05) is 12.1 Å². The van der Waals surface area contributed by atoms with Crippen LogP contribution in [-0.4, -0.2) is 42.0 Å². The third-order valence-electron chi connectivity index (χ3n) is 5.17. The molecule has 2 heterocycles. The standard InChI is InChI=1S/C23H29N3O/c27-23(11-10-20-7-6-14-24-19-20)25-15-4-5-16-26-17-12-22(13-18-26)21-8-2-1-3-9-21/h1-3,6-11,14,19,22H,4-5,12-13,15-18H2,(H,25,27)/b11-10+. The number of rotatable bonds is 8. The average Bonchev–Trinajstić information content (AvgIpc) is 2.74. The molecular weight excluding hydrogens is 334 g/mol. The molecule has 1 saturated heterocycles. The molecule has 4 nitrogen and oxygen atoms in total. The van der Waals surface area contributed by atoms with Crippen molar-refractivity contribution in [3.63, 3.8) is 0 Å². The maximum atomic E-state index is 11.8. The highest BCUT2D eigenvalue weighted by atomic mass is 16.1. The van der Waals surface area contributed by atoms with Crippen LogP contribution in [0.5, 0.6) is 0 Å². The van der Waals surface area contributed by atoms with Crippen molar-refractivity contribution in [1.29, 1.82) is 0 Å². The summed E-state index contributed by atoms with van der Waals surface area (Å²) in [5.41, 5.74) is 2.42. The van der Waals surface area contributed by atoms with Crippen LogP contribution in [0.3, 0.4) is 0 Å². The molecule has 1 amide bonds. The van der Waals surface area contributed by atoms with Crippen molar-refractivity contribution >= 4 is 12.0 Å². The summed E-state index contributed by atoms with van der Waals surface area (Å²) in [6.07, 6.45) is 11.5. The summed E-state index contributed by atoms with van der Waals surface area (Å²) < 4.78 is 0. The van der Waals surface area contributed by atoms with Gasteiger partial charge in [0.2, 0.25) is 5.91 Å². The minimum atomic E-state index is -0.0393. The van der Waals surface area contributed by atoms with Crippen molar-refractivity contribution in [3.05, 3.63) is 72.1 Å². The molecule has 142 valence electrons. The Balaban J connectivity index is 1.26. The van der Waals surface area contributed by atoms with Crippen LogP contribution in [0.2, 0.25) is 0 Å². The van der Waals surface area contributed by atoms with Crippen molar-refractivity contribution in [3.8, 4) is 0 Å². The number of nitrogens with one attached hydrogen (secondary N) is 1. The highest BCUT2D eigenvalue weighted by Gasteiger charge is 2.19. The predicted octanol–water partition coefficient (Wildman–Crippen LogP) is 3.87. The van der Waals surface area contributed by atoms with Crippen LogP contribution in [0.4, 0.5) is 0 Å². The Bertz CT molecular complexity index is 707. The van der Waals surface area contributed by atoms with Crippen LogP contribution >= 0.6 is 0 Å². The van der Waals surface area contributed by atoms with E-state index in [-0.39, 0.29) is 5.91 Å². The minimum Gasteiger partial charge on any atom is -0.353 e. The molecule has 3 rings (SSSR count). The molecule has 1 N–H and O–H groups in total. The lowest BCUT2D eigenvalue weighted by Crippen LogP contribution is -2.34. The summed E-state index contributed by atoms with van der Waals surface area (Å²) in [5.74, 6) is 0.677. The molecule has 0 saturated carbocycles. The smallest absolute Gasteiger partial charge is 0.243 e. The fraction of sp³-hybridized carbons (Fsp3) is 0.391. The first-order chi connectivity index (χ1) is 13.3. The third-order valence-corrected chi connectivity index (χ3v) is 5.17. The van der Waals surface area contributed by atoms with Gasteiger partial charge < -0.3 is 10.2 Å². The van der Waals surface area contributed by atoms with E-state index in [9.17, 15) is 4.79 Å². The van der Waals surface area contributed by atoms with Gasteiger partial charge in [-0.2, -0.15) is 0 Å². The Labute approximate surface area is 162 Å². The molecule has 1 aliphatic rings. The number of amides is 1. The van der Waals surface area contributed by atoms with E-state index >= 15 is 0 Å². The molecule has 0 spiro atoms. The van der Waals surface area contributed by atoms with Gasteiger partial charge in [-0.1, -0.05) is 36.4 Å². The summed E-state index contributed by atoms with van der Waals surface area (Å²) in [4.78, 5) is 18.4. The molecule has 2 aromatic rings. The molecule has 4 heteroatoms. The predicted molar refractivity (Wildman–Crippen MR) is 110 cm³/mol. The first-order valence-corrected chi connectivity index (χ1v) is 9.94. The van der Waals surface area contributed by atoms with Crippen molar-refractivity contribution in [2.24, 2.45) is 0 Å². The van der Waals surface area contributed by atoms with Crippen molar-refractivity contribution in [2.45, 2.75) is 31.6 Å². The molecule has 1 fully saturated rings. The number of benzene rings is 1. The zero-order valence-electron chi connectivity index (χ0n) is 15.9. The van der Waals surface area contributed by atoms with Gasteiger partial charge in [0.05, 0.1) is 0 Å². The van der Waals surface area contributed by atoms with Gasteiger partial charge in [-0.05, 0) is 74.5 Å². The second-order valence-electron chi connectivity index (χ2n) is 7.14. The van der Waals surface area contributed by atoms with Crippen LogP contribution in [0.15, 0.2) is 60.9 Å². The number of unbranched alkanes of at least 4 members (excludes halogenated alkanes) is 1. The summed E-state index contributed by atoms with van der Waals surface area (Å²) in [5, 5.41) is 2.95. The Morgan fingerprint density at radius 1 is 1.11 bits per heavy atom. The fourth-order valence-electron chi connectivity index (χ4n) is 3.59. The summed E-state index contributed by atoms with van der Waals surface area (Å²) in [7, 11) is 0. The second-order valence-corrected chi connectivity index (χ2v) is 7.14. The number of carbonyl (C=O) groups excluding carboxylic acids is 1. The van der Waals surface area contributed by atoms with Gasteiger partial charge in [0.25, 0.3) is 0 Å². The zero-order valence-corrected chi connectivity index (χ0v) is 15.9. The Morgan fingerprint density at radius 3 is 2.67 bits per heavy atom. The lowest BCUT2D eigenvalue weighted by Gasteiger charge is -2.32. The molecule has 0 atom stereocenters. The Hall–Kier alpha value is -2.46. The average molecular weight is 364 g/mol. The van der Waals surface area contributed by atoms with Crippen molar-refractivity contribution in [1.82, 2.24) is 15.2 Å². The van der Waals surface area contributed by atoms with Crippen LogP contribution < -0.4 is 5.32 Å². The molecule has 1 aromatic heterocycles. The Morgan fingerprint density at radius 2 is 1.93 bits per heavy atom. The van der Waals surface area contributed by atoms with E-state index in [1.165, 1.54) is 31.5 Å². The Kier molecular flexibility index (Phi) is 7.60. The van der Waals surface area contributed by atoms with E-state index in [2.05, 4.69) is 45.5 Å². The molecule has 27 heavy (non-hydrogen) atoms. The van der Waals surface area contributed by atoms with Crippen molar-refractivity contribution in [2.75, 3.05) is 26.2 Å². The monoisotopic (exact) mass is 363 g/mol. The first kappa shape index (κ1) is 19.3. The van der Waals surface area contributed by atoms with Gasteiger partial charge in [-0.3, -0.25) is 9.78 Å². The maximum absolute atomic E-state index is 11.8. The highest BCUT2D eigenvalue weighted by molar-refractivity contribution is 5.91. The van der Waals surface area contributed by atoms with Gasteiger partial charge in [-0.25, -0.2) is 0 Å². The number of nitrogens with zero attached hydrogens (tertiary/aromatic N) is 2. The number of pyridine rings is 1. The third kappa shape index (κ3) is 6.65. The quantitative estimate of drug-likeness (QED) is 0.572. The van der Waals surface area contributed by atoms with Crippen molar-refractivity contribution < 1.29 is 4.79 Å². The number of hydrogen-bond acceptors (Lipinski definition) is 3. The molecule has 1 aliphatic heterocycles. The normalized spacial score (nSPS) is 15.9. The van der Waals surface area contributed by atoms with Gasteiger partial charge >= 0.3 is 0 Å². The van der Waals surface area contributed by atoms with E-state index in [4.69, 9.17) is 0 Å². The van der Waals surface area contributed by atoms with Gasteiger partial charge in [-0.15, -0.1) is 0 Å². The number of aromatic nitrogens is 1. The molecular formula is C23H29N3O. The van der Waals surface area contributed by atoms with Gasteiger partial charge in [0, 0.05) is 25.0 Å². The SMILES string of the molecule is O=C(/C=C/c1cccnc1)NCCCCN1CCC(c2ccccc2)CC1. The van der Waals surface area contributed by atoms with Crippen LogP contribution in [0.25, 0.3) is 6.08 Å². The number of carbonyl (C=O) groups is 1. The second kappa shape index (κ2) is 10.6. The van der Waals surface area contributed by atoms with E-state index in [1.54, 1.807) is 24.5 Å². The number of hydrogen-bond donors (Lipinski definition) is 1. The topological polar surface area (TPSA) is 45.2 Å². The molecule has 1 aromatic carbocycles. The molecule has 0 bridgehead atoms. The van der Waals surface area contributed by atoms with E-state index < -0.39 is 0 Å². The molecule has 0 radical (unpaired) electrons. The minimum absolute atomic E-state index is 0.0393. The lowest BCUT2D eigenvalue weighted by molar-refractivity contribution is -0.116. The first-order valence-electron chi connectivity index (χ1n) is 9.94. The summed E-state index contributed by atoms with van der Waals surface area (Å²) in [6.45, 7) is 4.22. The van der Waals surface area contributed by atoms with Gasteiger partial charge in [0.15, 0.2) is 0 Å². The van der Waals surface area contributed by atoms with Gasteiger partial charge in [0.1, 0.15) is 0 Å². The number of piperidine rings is 1. The maximum Gasteiger partial charge on any atom is 0.243 e.